The quantitative estimate of drug-likeness (QED) is 0.923. The van der Waals surface area contributed by atoms with E-state index in [9.17, 15) is 4.79 Å². The Kier molecular flexibility index (Phi) is 4.71. The number of hydrogen-bond acceptors (Lipinski definition) is 3. The van der Waals surface area contributed by atoms with Crippen LogP contribution in [-0.2, 0) is 13.0 Å². The van der Waals surface area contributed by atoms with Gasteiger partial charge in [-0.25, -0.2) is 4.98 Å². The molecule has 1 aromatic carbocycles. The first-order chi connectivity index (χ1) is 9.10. The maximum absolute atomic E-state index is 12.0. The number of nitrogens with one attached hydrogen (secondary N) is 1. The molecule has 1 aromatic heterocycles. The van der Waals surface area contributed by atoms with E-state index < -0.39 is 0 Å². The zero-order valence-electron chi connectivity index (χ0n) is 10.9. The Balaban J connectivity index is 1.99. The van der Waals surface area contributed by atoms with Gasteiger partial charge in [-0.3, -0.25) is 4.79 Å². The van der Waals surface area contributed by atoms with Gasteiger partial charge in [-0.1, -0.05) is 22.9 Å². The van der Waals surface area contributed by atoms with Crippen LogP contribution in [0.4, 0.5) is 0 Å². The van der Waals surface area contributed by atoms with Crippen LogP contribution in [0.5, 0.6) is 0 Å². The summed E-state index contributed by atoms with van der Waals surface area (Å²) in [6.45, 7) is 4.55. The molecule has 2 rings (SSSR count). The van der Waals surface area contributed by atoms with Gasteiger partial charge in [0.2, 0.25) is 0 Å². The highest BCUT2D eigenvalue weighted by molar-refractivity contribution is 9.10. The predicted octanol–water partition coefficient (Wildman–Crippen LogP) is 3.71. The average molecular weight is 339 g/mol. The molecule has 2 aromatic rings. The highest BCUT2D eigenvalue weighted by Crippen LogP contribution is 2.17. The molecule has 100 valence electrons. The van der Waals surface area contributed by atoms with Crippen molar-refractivity contribution in [2.75, 3.05) is 0 Å². The number of benzene rings is 1. The molecular formula is C14H15BrN2OS. The molecule has 0 aliphatic rings. The predicted molar refractivity (Wildman–Crippen MR) is 81.5 cm³/mol. The molecule has 19 heavy (non-hydrogen) atoms. The van der Waals surface area contributed by atoms with Crippen molar-refractivity contribution in [1.82, 2.24) is 10.3 Å². The van der Waals surface area contributed by atoms with Crippen molar-refractivity contribution in [1.29, 1.82) is 0 Å². The maximum Gasteiger partial charge on any atom is 0.251 e. The van der Waals surface area contributed by atoms with E-state index in [1.807, 2.05) is 31.3 Å². The van der Waals surface area contributed by atoms with E-state index in [1.54, 1.807) is 11.3 Å². The van der Waals surface area contributed by atoms with Crippen molar-refractivity contribution < 1.29 is 4.79 Å². The van der Waals surface area contributed by atoms with Gasteiger partial charge in [0.05, 0.1) is 6.54 Å². The Morgan fingerprint density at radius 2 is 2.26 bits per heavy atom. The number of rotatable bonds is 4. The van der Waals surface area contributed by atoms with Crippen LogP contribution in [0.3, 0.4) is 0 Å². The van der Waals surface area contributed by atoms with Gasteiger partial charge in [0.1, 0.15) is 5.01 Å². The van der Waals surface area contributed by atoms with Crippen molar-refractivity contribution in [3.63, 3.8) is 0 Å². The summed E-state index contributed by atoms with van der Waals surface area (Å²) >= 11 is 5.07. The fourth-order valence-corrected chi connectivity index (χ4v) is 2.69. The first kappa shape index (κ1) is 14.2. The second-order valence-corrected chi connectivity index (χ2v) is 6.27. The number of thiazole rings is 1. The van der Waals surface area contributed by atoms with Gasteiger partial charge in [0, 0.05) is 21.1 Å². The van der Waals surface area contributed by atoms with Crippen LogP contribution in [0.15, 0.2) is 28.9 Å². The molecule has 3 nitrogen and oxygen atoms in total. The molecule has 0 atom stereocenters. The van der Waals surface area contributed by atoms with Gasteiger partial charge >= 0.3 is 0 Å². The zero-order valence-corrected chi connectivity index (χ0v) is 13.3. The lowest BCUT2D eigenvalue weighted by molar-refractivity contribution is 0.0951. The minimum Gasteiger partial charge on any atom is -0.346 e. The van der Waals surface area contributed by atoms with Gasteiger partial charge in [-0.05, 0) is 37.1 Å². The normalized spacial score (nSPS) is 10.5. The summed E-state index contributed by atoms with van der Waals surface area (Å²) in [4.78, 5) is 17.5. The SMILES string of the molecule is CCc1cnc(CNC(=O)c2ccc(Br)c(C)c2)s1. The summed E-state index contributed by atoms with van der Waals surface area (Å²) in [5, 5.41) is 3.84. The number of nitrogens with zero attached hydrogens (tertiary/aromatic N) is 1. The van der Waals surface area contributed by atoms with Crippen molar-refractivity contribution in [2.45, 2.75) is 26.8 Å². The minimum atomic E-state index is -0.0659. The molecule has 0 aliphatic carbocycles. The Bertz CT molecular complexity index is 595. The maximum atomic E-state index is 12.0. The van der Waals surface area contributed by atoms with Crippen LogP contribution >= 0.6 is 27.3 Å². The topological polar surface area (TPSA) is 42.0 Å². The number of carbonyl (C=O) groups is 1. The van der Waals surface area contributed by atoms with E-state index in [0.29, 0.717) is 12.1 Å². The van der Waals surface area contributed by atoms with Crippen LogP contribution in [0.25, 0.3) is 0 Å². The highest BCUT2D eigenvalue weighted by Gasteiger charge is 2.08. The molecule has 1 heterocycles. The van der Waals surface area contributed by atoms with Crippen LogP contribution in [0.2, 0.25) is 0 Å². The number of aryl methyl sites for hydroxylation is 2. The number of halogens is 1. The summed E-state index contributed by atoms with van der Waals surface area (Å²) in [6.07, 6.45) is 2.85. The summed E-state index contributed by atoms with van der Waals surface area (Å²) in [6, 6.07) is 5.58. The van der Waals surface area contributed by atoms with Crippen molar-refractivity contribution in [3.8, 4) is 0 Å². The average Bonchev–Trinajstić information content (AvgIpc) is 2.87. The molecule has 0 aliphatic heterocycles. The Labute approximate surface area is 125 Å². The summed E-state index contributed by atoms with van der Waals surface area (Å²) in [5.41, 5.74) is 1.73. The van der Waals surface area contributed by atoms with Crippen LogP contribution in [-0.4, -0.2) is 10.9 Å². The molecule has 5 heteroatoms. The first-order valence-electron chi connectivity index (χ1n) is 6.08. The standard InChI is InChI=1S/C14H15BrN2OS/c1-3-11-7-16-13(19-11)8-17-14(18)10-4-5-12(15)9(2)6-10/h4-7H,3,8H2,1-2H3,(H,17,18). The lowest BCUT2D eigenvalue weighted by Crippen LogP contribution is -2.22. The summed E-state index contributed by atoms with van der Waals surface area (Å²) < 4.78 is 1.01. The van der Waals surface area contributed by atoms with E-state index in [-0.39, 0.29) is 5.91 Å². The second kappa shape index (κ2) is 6.30. The Morgan fingerprint density at radius 3 is 2.89 bits per heavy atom. The lowest BCUT2D eigenvalue weighted by atomic mass is 10.1. The number of aromatic nitrogens is 1. The highest BCUT2D eigenvalue weighted by atomic mass is 79.9. The van der Waals surface area contributed by atoms with Crippen molar-refractivity contribution in [2.24, 2.45) is 0 Å². The molecule has 0 fully saturated rings. The third-order valence-electron chi connectivity index (χ3n) is 2.77. The van der Waals surface area contributed by atoms with Crippen molar-refractivity contribution in [3.05, 3.63) is 49.9 Å². The second-order valence-electron chi connectivity index (χ2n) is 4.22. The summed E-state index contributed by atoms with van der Waals surface area (Å²) in [5.74, 6) is -0.0659. The van der Waals surface area contributed by atoms with Gasteiger partial charge in [-0.2, -0.15) is 0 Å². The molecule has 0 spiro atoms. The minimum absolute atomic E-state index is 0.0659. The zero-order chi connectivity index (χ0) is 13.8. The fraction of sp³-hybridized carbons (Fsp3) is 0.286. The van der Waals surface area contributed by atoms with E-state index in [4.69, 9.17) is 0 Å². The van der Waals surface area contributed by atoms with Gasteiger partial charge in [-0.15, -0.1) is 11.3 Å². The molecule has 1 amide bonds. The molecule has 1 N–H and O–H groups in total. The Hall–Kier alpha value is -1.20. The van der Waals surface area contributed by atoms with Crippen molar-refractivity contribution >= 4 is 33.2 Å². The molecule has 0 saturated heterocycles. The van der Waals surface area contributed by atoms with E-state index in [2.05, 4.69) is 33.2 Å². The van der Waals surface area contributed by atoms with Crippen LogP contribution in [0, 0.1) is 6.92 Å². The third kappa shape index (κ3) is 3.64. The fourth-order valence-electron chi connectivity index (χ4n) is 1.64. The van der Waals surface area contributed by atoms with E-state index >= 15 is 0 Å². The molecule has 0 unspecified atom stereocenters. The molecular weight excluding hydrogens is 324 g/mol. The molecule has 0 saturated carbocycles. The molecule has 0 radical (unpaired) electrons. The number of carbonyl (C=O) groups excluding carboxylic acids is 1. The van der Waals surface area contributed by atoms with E-state index in [0.717, 1.165) is 21.5 Å². The van der Waals surface area contributed by atoms with E-state index in [1.165, 1.54) is 4.88 Å². The summed E-state index contributed by atoms with van der Waals surface area (Å²) in [7, 11) is 0. The molecule has 0 bridgehead atoms. The van der Waals surface area contributed by atoms with Gasteiger partial charge in [0.15, 0.2) is 0 Å². The Morgan fingerprint density at radius 1 is 1.47 bits per heavy atom. The number of amides is 1. The van der Waals surface area contributed by atoms with Crippen LogP contribution < -0.4 is 5.32 Å². The first-order valence-corrected chi connectivity index (χ1v) is 7.69. The largest absolute Gasteiger partial charge is 0.346 e. The van der Waals surface area contributed by atoms with Crippen LogP contribution in [0.1, 0.15) is 32.7 Å². The monoisotopic (exact) mass is 338 g/mol. The van der Waals surface area contributed by atoms with Gasteiger partial charge < -0.3 is 5.32 Å². The third-order valence-corrected chi connectivity index (χ3v) is 4.80. The lowest BCUT2D eigenvalue weighted by Gasteiger charge is -2.05. The van der Waals surface area contributed by atoms with Gasteiger partial charge in [0.25, 0.3) is 5.91 Å². The number of hydrogen-bond donors (Lipinski definition) is 1. The smallest absolute Gasteiger partial charge is 0.251 e.